The number of halogens is 1. The number of carboxylic acids is 1. The monoisotopic (exact) mass is 180 g/mol. The lowest BCUT2D eigenvalue weighted by atomic mass is 10.3. The van der Waals surface area contributed by atoms with Crippen molar-refractivity contribution in [1.29, 1.82) is 0 Å². The molecule has 4 nitrogen and oxygen atoms in total. The first kappa shape index (κ1) is 7.72. The molecular formula is C8H5FN2O2. The van der Waals surface area contributed by atoms with Gasteiger partial charge in [0.05, 0.1) is 12.5 Å². The largest absolute Gasteiger partial charge is 0.477 e. The molecule has 0 radical (unpaired) electrons. The van der Waals surface area contributed by atoms with Gasteiger partial charge >= 0.3 is 5.97 Å². The van der Waals surface area contributed by atoms with Gasteiger partial charge in [-0.05, 0) is 12.1 Å². The van der Waals surface area contributed by atoms with Crippen LogP contribution < -0.4 is 0 Å². The van der Waals surface area contributed by atoms with Crippen LogP contribution >= 0.6 is 0 Å². The number of carboxylic acid groups (broad SMARTS) is 1. The van der Waals surface area contributed by atoms with E-state index in [-0.39, 0.29) is 11.2 Å². The van der Waals surface area contributed by atoms with Gasteiger partial charge in [-0.15, -0.1) is 0 Å². The molecule has 0 unspecified atom stereocenters. The third-order valence-electron chi connectivity index (χ3n) is 1.75. The number of hydrogen-bond acceptors (Lipinski definition) is 2. The van der Waals surface area contributed by atoms with E-state index >= 15 is 0 Å². The fourth-order valence-corrected chi connectivity index (χ4v) is 1.16. The van der Waals surface area contributed by atoms with Crippen LogP contribution in [-0.2, 0) is 0 Å². The molecule has 2 rings (SSSR count). The summed E-state index contributed by atoms with van der Waals surface area (Å²) in [5.41, 5.74) is 0.161. The van der Waals surface area contributed by atoms with Gasteiger partial charge in [-0.25, -0.2) is 14.2 Å². The number of nitrogens with zero attached hydrogens (tertiary/aromatic N) is 2. The highest BCUT2D eigenvalue weighted by molar-refractivity contribution is 5.86. The minimum Gasteiger partial charge on any atom is -0.477 e. The second-order valence-electron chi connectivity index (χ2n) is 2.52. The molecule has 2 heterocycles. The molecule has 2 aromatic rings. The Hall–Kier alpha value is -1.91. The summed E-state index contributed by atoms with van der Waals surface area (Å²) in [7, 11) is 0. The predicted octanol–water partition coefficient (Wildman–Crippen LogP) is 1.17. The minimum absolute atomic E-state index is 0.00565. The van der Waals surface area contributed by atoms with E-state index in [0.717, 1.165) is 6.07 Å². The lowest BCUT2D eigenvalue weighted by Crippen LogP contribution is -2.04. The summed E-state index contributed by atoms with van der Waals surface area (Å²) in [6.07, 6.45) is 2.55. The van der Waals surface area contributed by atoms with E-state index in [1.54, 1.807) is 0 Å². The van der Waals surface area contributed by atoms with Gasteiger partial charge in [0, 0.05) is 0 Å². The Morgan fingerprint density at radius 2 is 2.31 bits per heavy atom. The zero-order valence-corrected chi connectivity index (χ0v) is 6.44. The summed E-state index contributed by atoms with van der Waals surface area (Å²) in [5.74, 6) is -1.59. The maximum Gasteiger partial charge on any atom is 0.352 e. The second kappa shape index (κ2) is 2.55. The molecule has 2 aromatic heterocycles. The van der Waals surface area contributed by atoms with Crippen LogP contribution in [0.15, 0.2) is 24.7 Å². The molecule has 0 atom stereocenters. The van der Waals surface area contributed by atoms with Crippen molar-refractivity contribution in [1.82, 2.24) is 9.38 Å². The Kier molecular flexibility index (Phi) is 1.51. The van der Waals surface area contributed by atoms with Crippen LogP contribution in [0.2, 0.25) is 0 Å². The summed E-state index contributed by atoms with van der Waals surface area (Å²) in [4.78, 5) is 14.3. The zero-order chi connectivity index (χ0) is 9.42. The van der Waals surface area contributed by atoms with Crippen molar-refractivity contribution in [3.05, 3.63) is 36.2 Å². The van der Waals surface area contributed by atoms with E-state index in [1.807, 2.05) is 0 Å². The van der Waals surface area contributed by atoms with Crippen LogP contribution in [0.3, 0.4) is 0 Å². The number of hydrogen-bond donors (Lipinski definition) is 1. The van der Waals surface area contributed by atoms with E-state index in [0.29, 0.717) is 0 Å². The van der Waals surface area contributed by atoms with Crippen molar-refractivity contribution in [3.8, 4) is 0 Å². The van der Waals surface area contributed by atoms with Crippen LogP contribution in [-0.4, -0.2) is 20.5 Å². The summed E-state index contributed by atoms with van der Waals surface area (Å²) >= 11 is 0. The molecule has 1 N–H and O–H groups in total. The number of rotatable bonds is 1. The Balaban J connectivity index is 2.86. The standard InChI is InChI=1S/C8H5FN2O2/c9-5-1-2-6(8(12)13)11-4-10-3-7(5)11/h1-4H,(H,12,13). The quantitative estimate of drug-likeness (QED) is 0.716. The van der Waals surface area contributed by atoms with Gasteiger partial charge in [0.2, 0.25) is 0 Å². The highest BCUT2D eigenvalue weighted by Gasteiger charge is 2.10. The SMILES string of the molecule is O=C(O)c1ccc(F)c2cncn12. The van der Waals surface area contributed by atoms with Crippen molar-refractivity contribution < 1.29 is 14.3 Å². The topological polar surface area (TPSA) is 54.6 Å². The number of aromatic nitrogens is 2. The van der Waals surface area contributed by atoms with Crippen molar-refractivity contribution >= 4 is 11.5 Å². The van der Waals surface area contributed by atoms with Crippen LogP contribution in [0, 0.1) is 5.82 Å². The van der Waals surface area contributed by atoms with Crippen molar-refractivity contribution in [2.45, 2.75) is 0 Å². The maximum atomic E-state index is 13.0. The molecule has 0 aliphatic carbocycles. The molecule has 5 heteroatoms. The highest BCUT2D eigenvalue weighted by Crippen LogP contribution is 2.11. The van der Waals surface area contributed by atoms with Gasteiger partial charge in [0.25, 0.3) is 0 Å². The first-order valence-electron chi connectivity index (χ1n) is 3.54. The summed E-state index contributed by atoms with van der Waals surface area (Å²) in [6.45, 7) is 0. The number of carbonyl (C=O) groups is 1. The van der Waals surface area contributed by atoms with Crippen LogP contribution in [0.25, 0.3) is 5.52 Å². The van der Waals surface area contributed by atoms with Crippen molar-refractivity contribution in [3.63, 3.8) is 0 Å². The van der Waals surface area contributed by atoms with Crippen molar-refractivity contribution in [2.24, 2.45) is 0 Å². The van der Waals surface area contributed by atoms with E-state index in [9.17, 15) is 9.18 Å². The number of imidazole rings is 1. The van der Waals surface area contributed by atoms with Gasteiger partial charge in [0.15, 0.2) is 0 Å². The average molecular weight is 180 g/mol. The average Bonchev–Trinajstić information content (AvgIpc) is 2.53. The molecule has 0 fully saturated rings. The third kappa shape index (κ3) is 1.05. The number of fused-ring (bicyclic) bond motifs is 1. The normalized spacial score (nSPS) is 10.5. The van der Waals surface area contributed by atoms with E-state index in [1.165, 1.54) is 23.0 Å². The van der Waals surface area contributed by atoms with Crippen LogP contribution in [0.1, 0.15) is 10.5 Å². The number of pyridine rings is 1. The molecule has 0 spiro atoms. The zero-order valence-electron chi connectivity index (χ0n) is 6.44. The number of aromatic carboxylic acids is 1. The Bertz CT molecular complexity index is 478. The molecule has 0 aliphatic rings. The fourth-order valence-electron chi connectivity index (χ4n) is 1.16. The second-order valence-corrected chi connectivity index (χ2v) is 2.52. The van der Waals surface area contributed by atoms with E-state index in [4.69, 9.17) is 5.11 Å². The first-order chi connectivity index (χ1) is 6.20. The van der Waals surface area contributed by atoms with Gasteiger partial charge in [0.1, 0.15) is 17.0 Å². The summed E-state index contributed by atoms with van der Waals surface area (Å²) in [5, 5.41) is 8.72. The minimum atomic E-state index is -1.11. The van der Waals surface area contributed by atoms with Crippen LogP contribution in [0.5, 0.6) is 0 Å². The third-order valence-corrected chi connectivity index (χ3v) is 1.75. The Morgan fingerprint density at radius 1 is 1.54 bits per heavy atom. The van der Waals surface area contributed by atoms with Crippen LogP contribution in [0.4, 0.5) is 4.39 Å². The lowest BCUT2D eigenvalue weighted by molar-refractivity contribution is 0.0688. The molecule has 0 saturated carbocycles. The fraction of sp³-hybridized carbons (Fsp3) is 0. The molecule has 0 amide bonds. The van der Waals surface area contributed by atoms with Gasteiger partial charge < -0.3 is 5.11 Å². The van der Waals surface area contributed by atoms with Crippen molar-refractivity contribution in [2.75, 3.05) is 0 Å². The van der Waals surface area contributed by atoms with Gasteiger partial charge in [-0.3, -0.25) is 4.40 Å². The highest BCUT2D eigenvalue weighted by atomic mass is 19.1. The molecular weight excluding hydrogens is 175 g/mol. The Morgan fingerprint density at radius 3 is 3.00 bits per heavy atom. The first-order valence-corrected chi connectivity index (χ1v) is 3.54. The molecule has 13 heavy (non-hydrogen) atoms. The van der Waals surface area contributed by atoms with E-state index in [2.05, 4.69) is 4.98 Å². The molecule has 0 aromatic carbocycles. The molecule has 0 aliphatic heterocycles. The molecule has 0 bridgehead atoms. The summed E-state index contributed by atoms with van der Waals surface area (Å²) in [6, 6.07) is 2.31. The van der Waals surface area contributed by atoms with Gasteiger partial charge in [-0.2, -0.15) is 0 Å². The molecule has 66 valence electrons. The van der Waals surface area contributed by atoms with E-state index < -0.39 is 11.8 Å². The maximum absolute atomic E-state index is 13.0. The lowest BCUT2D eigenvalue weighted by Gasteiger charge is -1.99. The Labute approximate surface area is 72.3 Å². The molecule has 0 saturated heterocycles. The smallest absolute Gasteiger partial charge is 0.352 e. The predicted molar refractivity (Wildman–Crippen MR) is 42.1 cm³/mol. The van der Waals surface area contributed by atoms with Gasteiger partial charge in [-0.1, -0.05) is 0 Å². The summed E-state index contributed by atoms with van der Waals surface area (Å²) < 4.78 is 14.2.